The van der Waals surface area contributed by atoms with Crippen LogP contribution in [0, 0.1) is 0 Å². The highest BCUT2D eigenvalue weighted by Gasteiger charge is 2.21. The van der Waals surface area contributed by atoms with Gasteiger partial charge in [-0.1, -0.05) is 65.3 Å². The molecule has 3 aromatic carbocycles. The summed E-state index contributed by atoms with van der Waals surface area (Å²) in [7, 11) is 0. The van der Waals surface area contributed by atoms with Gasteiger partial charge in [-0.3, -0.25) is 4.79 Å². The smallest absolute Gasteiger partial charge is 0.252 e. The minimum Gasteiger partial charge on any atom is -0.360 e. The third-order valence-corrected chi connectivity index (χ3v) is 7.74. The number of piperazine rings is 1. The van der Waals surface area contributed by atoms with E-state index < -0.39 is 0 Å². The Labute approximate surface area is 225 Å². The SMILES string of the molecule is O=C(NCC[NH+]1CCN(c2cccc(Cl)c2)CC1)c1cc(Sc2cccc(Cl)c2)nc2ccccc12. The van der Waals surface area contributed by atoms with Crippen LogP contribution in [-0.4, -0.2) is 50.2 Å². The van der Waals surface area contributed by atoms with Crippen molar-refractivity contribution in [1.82, 2.24) is 10.3 Å². The number of hydrogen-bond donors (Lipinski definition) is 2. The average molecular weight is 539 g/mol. The number of aromatic nitrogens is 1. The second-order valence-corrected chi connectivity index (χ2v) is 10.8. The Hall–Kier alpha value is -2.77. The maximum absolute atomic E-state index is 13.2. The van der Waals surface area contributed by atoms with Gasteiger partial charge in [0.25, 0.3) is 5.91 Å². The minimum atomic E-state index is -0.0708. The summed E-state index contributed by atoms with van der Waals surface area (Å²) >= 11 is 13.8. The van der Waals surface area contributed by atoms with E-state index in [4.69, 9.17) is 28.2 Å². The molecule has 0 radical (unpaired) electrons. The molecule has 2 heterocycles. The Balaban J connectivity index is 1.21. The minimum absolute atomic E-state index is 0.0708. The Kier molecular flexibility index (Phi) is 7.97. The highest BCUT2D eigenvalue weighted by atomic mass is 35.5. The van der Waals surface area contributed by atoms with Crippen molar-refractivity contribution in [2.24, 2.45) is 0 Å². The molecule has 36 heavy (non-hydrogen) atoms. The van der Waals surface area contributed by atoms with Crippen molar-refractivity contribution in [3.63, 3.8) is 0 Å². The first kappa shape index (κ1) is 24.9. The van der Waals surface area contributed by atoms with Crippen LogP contribution in [-0.2, 0) is 0 Å². The number of carbonyl (C=O) groups excluding carboxylic acids is 1. The molecule has 1 amide bonds. The van der Waals surface area contributed by atoms with Crippen molar-refractivity contribution in [2.45, 2.75) is 9.92 Å². The lowest BCUT2D eigenvalue weighted by atomic mass is 10.1. The number of fused-ring (bicyclic) bond motifs is 1. The standard InChI is InChI=1S/C28H26Cl2N4OS/c29-20-5-3-7-22(17-20)34-15-13-33(14-16-34)12-11-31-28(35)25-19-27(32-26-10-2-1-9-24(25)26)36-23-8-4-6-21(30)18-23/h1-10,17-19H,11-16H2,(H,31,35)/p+1. The first-order valence-electron chi connectivity index (χ1n) is 12.0. The molecule has 1 saturated heterocycles. The fraction of sp³-hybridized carbons (Fsp3) is 0.214. The van der Waals surface area contributed by atoms with Crippen LogP contribution >= 0.6 is 35.0 Å². The summed E-state index contributed by atoms with van der Waals surface area (Å²) in [6.07, 6.45) is 0. The lowest BCUT2D eigenvalue weighted by molar-refractivity contribution is -0.899. The number of pyridine rings is 1. The van der Waals surface area contributed by atoms with E-state index >= 15 is 0 Å². The van der Waals surface area contributed by atoms with Crippen LogP contribution in [0.5, 0.6) is 0 Å². The van der Waals surface area contributed by atoms with Crippen molar-refractivity contribution < 1.29 is 9.69 Å². The molecule has 0 unspecified atom stereocenters. The van der Waals surface area contributed by atoms with Crippen LogP contribution in [0.25, 0.3) is 10.9 Å². The van der Waals surface area contributed by atoms with E-state index in [0.717, 1.165) is 58.6 Å². The first-order valence-corrected chi connectivity index (χ1v) is 13.6. The Morgan fingerprint density at radius 3 is 2.47 bits per heavy atom. The molecule has 5 rings (SSSR count). The van der Waals surface area contributed by atoms with Crippen LogP contribution in [0.1, 0.15) is 10.4 Å². The van der Waals surface area contributed by atoms with Gasteiger partial charge in [-0.2, -0.15) is 0 Å². The number of quaternary nitrogens is 1. The molecule has 0 atom stereocenters. The van der Waals surface area contributed by atoms with Crippen LogP contribution < -0.4 is 15.1 Å². The van der Waals surface area contributed by atoms with Gasteiger partial charge in [0.15, 0.2) is 0 Å². The zero-order valence-electron chi connectivity index (χ0n) is 19.7. The summed E-state index contributed by atoms with van der Waals surface area (Å²) in [5.74, 6) is -0.0708. The van der Waals surface area contributed by atoms with Gasteiger partial charge < -0.3 is 15.1 Å². The topological polar surface area (TPSA) is 49.7 Å². The second kappa shape index (κ2) is 11.5. The molecule has 1 aliphatic heterocycles. The van der Waals surface area contributed by atoms with Crippen LogP contribution in [0.4, 0.5) is 5.69 Å². The lowest BCUT2D eigenvalue weighted by Crippen LogP contribution is -3.15. The molecule has 0 bridgehead atoms. The molecule has 1 fully saturated rings. The summed E-state index contributed by atoms with van der Waals surface area (Å²) in [6.45, 7) is 5.52. The highest BCUT2D eigenvalue weighted by Crippen LogP contribution is 2.31. The number of rotatable bonds is 7. The number of halogens is 2. The number of hydrogen-bond acceptors (Lipinski definition) is 4. The van der Waals surface area contributed by atoms with E-state index in [1.54, 1.807) is 0 Å². The molecule has 0 aliphatic carbocycles. The van der Waals surface area contributed by atoms with E-state index in [-0.39, 0.29) is 5.91 Å². The predicted molar refractivity (Wildman–Crippen MR) is 149 cm³/mol. The summed E-state index contributed by atoms with van der Waals surface area (Å²) in [4.78, 5) is 22.8. The molecule has 1 aromatic heterocycles. The zero-order chi connectivity index (χ0) is 24.9. The maximum atomic E-state index is 13.2. The van der Waals surface area contributed by atoms with Gasteiger partial charge in [-0.15, -0.1) is 0 Å². The summed E-state index contributed by atoms with van der Waals surface area (Å²) < 4.78 is 0. The second-order valence-electron chi connectivity index (χ2n) is 8.81. The molecule has 184 valence electrons. The molecule has 2 N–H and O–H groups in total. The van der Waals surface area contributed by atoms with Crippen LogP contribution in [0.2, 0.25) is 10.0 Å². The molecule has 0 spiro atoms. The number of amides is 1. The van der Waals surface area contributed by atoms with E-state index in [1.807, 2.05) is 72.8 Å². The number of nitrogens with one attached hydrogen (secondary N) is 2. The summed E-state index contributed by atoms with van der Waals surface area (Å²) in [5, 5.41) is 6.20. The summed E-state index contributed by atoms with van der Waals surface area (Å²) in [6, 6.07) is 25.3. The largest absolute Gasteiger partial charge is 0.360 e. The van der Waals surface area contributed by atoms with Crippen molar-refractivity contribution >= 4 is 57.5 Å². The van der Waals surface area contributed by atoms with E-state index in [1.165, 1.54) is 22.3 Å². The van der Waals surface area contributed by atoms with Crippen molar-refractivity contribution in [3.8, 4) is 0 Å². The van der Waals surface area contributed by atoms with Crippen molar-refractivity contribution in [1.29, 1.82) is 0 Å². The predicted octanol–water partition coefficient (Wildman–Crippen LogP) is 4.83. The van der Waals surface area contributed by atoms with Gasteiger partial charge in [-0.25, -0.2) is 4.98 Å². The van der Waals surface area contributed by atoms with Crippen molar-refractivity contribution in [3.05, 3.63) is 94.5 Å². The Bertz CT molecular complexity index is 1370. The normalized spacial score (nSPS) is 14.2. The maximum Gasteiger partial charge on any atom is 0.252 e. The zero-order valence-corrected chi connectivity index (χ0v) is 22.0. The van der Waals surface area contributed by atoms with Gasteiger partial charge in [0.1, 0.15) is 5.03 Å². The van der Waals surface area contributed by atoms with Gasteiger partial charge >= 0.3 is 0 Å². The quantitative estimate of drug-likeness (QED) is 0.354. The van der Waals surface area contributed by atoms with Crippen LogP contribution in [0.3, 0.4) is 0 Å². The monoisotopic (exact) mass is 537 g/mol. The van der Waals surface area contributed by atoms with Gasteiger partial charge in [-0.05, 0) is 48.5 Å². The molecular weight excluding hydrogens is 511 g/mol. The Morgan fingerprint density at radius 1 is 0.944 bits per heavy atom. The van der Waals surface area contributed by atoms with Gasteiger partial charge in [0.2, 0.25) is 0 Å². The van der Waals surface area contributed by atoms with E-state index in [2.05, 4.69) is 16.3 Å². The number of anilines is 1. The first-order chi connectivity index (χ1) is 17.5. The van der Waals surface area contributed by atoms with Crippen LogP contribution in [0.15, 0.2) is 88.8 Å². The molecule has 8 heteroatoms. The third kappa shape index (κ3) is 6.13. The number of carbonyl (C=O) groups is 1. The van der Waals surface area contributed by atoms with E-state index in [0.29, 0.717) is 17.1 Å². The number of benzene rings is 3. The highest BCUT2D eigenvalue weighted by molar-refractivity contribution is 7.99. The molecule has 0 saturated carbocycles. The number of nitrogens with zero attached hydrogens (tertiary/aromatic N) is 2. The van der Waals surface area contributed by atoms with Gasteiger partial charge in [0.05, 0.1) is 50.3 Å². The lowest BCUT2D eigenvalue weighted by Gasteiger charge is -2.33. The molecule has 1 aliphatic rings. The summed E-state index contributed by atoms with van der Waals surface area (Å²) in [5.41, 5.74) is 2.62. The molecule has 5 nitrogen and oxygen atoms in total. The third-order valence-electron chi connectivity index (χ3n) is 6.36. The van der Waals surface area contributed by atoms with Crippen molar-refractivity contribution in [2.75, 3.05) is 44.2 Å². The molecular formula is C28H27Cl2N4OS+. The number of para-hydroxylation sites is 1. The van der Waals surface area contributed by atoms with Gasteiger partial charge in [0, 0.05) is 26.0 Å². The fourth-order valence-electron chi connectivity index (χ4n) is 4.49. The fourth-order valence-corrected chi connectivity index (χ4v) is 5.83. The average Bonchev–Trinajstić information content (AvgIpc) is 2.88. The Morgan fingerprint density at radius 2 is 1.69 bits per heavy atom. The van der Waals surface area contributed by atoms with E-state index in [9.17, 15) is 4.79 Å². The molecule has 4 aromatic rings.